The average molecular weight is 448 g/mol. The van der Waals surface area contributed by atoms with Gasteiger partial charge in [0, 0.05) is 17.1 Å². The third-order valence-electron chi connectivity index (χ3n) is 5.23. The van der Waals surface area contributed by atoms with Crippen molar-refractivity contribution >= 4 is 23.0 Å². The summed E-state index contributed by atoms with van der Waals surface area (Å²) >= 11 is 5.92. The van der Waals surface area contributed by atoms with Crippen LogP contribution in [0.5, 0.6) is 0 Å². The summed E-state index contributed by atoms with van der Waals surface area (Å²) in [5.41, 5.74) is 5.20. The molecule has 1 aliphatic rings. The van der Waals surface area contributed by atoms with Gasteiger partial charge in [-0.2, -0.15) is 13.2 Å². The molecule has 3 nitrogen and oxygen atoms in total. The number of hydrogen-bond acceptors (Lipinski definition) is 3. The number of hydrogen-bond donors (Lipinski definition) is 2. The summed E-state index contributed by atoms with van der Waals surface area (Å²) in [6.45, 7) is 2.40. The zero-order chi connectivity index (χ0) is 22.1. The quantitative estimate of drug-likeness (QED) is 0.364. The normalized spacial score (nSPS) is 17.2. The van der Waals surface area contributed by atoms with Crippen molar-refractivity contribution in [3.8, 4) is 0 Å². The minimum atomic E-state index is -4.78. The third-order valence-corrected chi connectivity index (χ3v) is 5.48. The van der Waals surface area contributed by atoms with Gasteiger partial charge in [0.2, 0.25) is 0 Å². The first-order chi connectivity index (χ1) is 14.1. The molecular formula is C21H23ClF5N3. The number of nitrogens with zero attached hydrogens (tertiary/aromatic N) is 1. The Morgan fingerprint density at radius 2 is 1.77 bits per heavy atom. The van der Waals surface area contributed by atoms with Crippen LogP contribution in [0.25, 0.3) is 0 Å². The van der Waals surface area contributed by atoms with Crippen LogP contribution in [-0.4, -0.2) is 12.7 Å². The van der Waals surface area contributed by atoms with Crippen LogP contribution in [0.3, 0.4) is 0 Å². The fraction of sp³-hybridized carbons (Fsp3) is 0.429. The summed E-state index contributed by atoms with van der Waals surface area (Å²) in [5, 5.41) is 3.38. The Labute approximate surface area is 177 Å². The number of unbranched alkanes of at least 4 members (excludes halogenated alkanes) is 2. The minimum Gasteiger partial charge on any atom is -0.361 e. The van der Waals surface area contributed by atoms with E-state index >= 15 is 0 Å². The molecular weight excluding hydrogens is 425 g/mol. The molecule has 3 N–H and O–H groups in total. The fourth-order valence-electron chi connectivity index (χ4n) is 3.69. The van der Waals surface area contributed by atoms with Gasteiger partial charge in [-0.1, -0.05) is 43.5 Å². The van der Waals surface area contributed by atoms with Crippen molar-refractivity contribution in [3.05, 3.63) is 58.1 Å². The van der Waals surface area contributed by atoms with Crippen molar-refractivity contribution in [1.82, 2.24) is 0 Å². The Morgan fingerprint density at radius 3 is 2.33 bits per heavy atom. The lowest BCUT2D eigenvalue weighted by atomic mass is 10.0. The number of nitrogens with one attached hydrogen (secondary N) is 1. The summed E-state index contributed by atoms with van der Waals surface area (Å²) in [7, 11) is 0. The van der Waals surface area contributed by atoms with E-state index in [4.69, 9.17) is 17.3 Å². The first-order valence-electron chi connectivity index (χ1n) is 9.71. The zero-order valence-electron chi connectivity index (χ0n) is 16.3. The van der Waals surface area contributed by atoms with Crippen molar-refractivity contribution in [2.75, 3.05) is 16.8 Å². The van der Waals surface area contributed by atoms with E-state index in [1.807, 2.05) is 6.92 Å². The van der Waals surface area contributed by atoms with Crippen molar-refractivity contribution in [1.29, 1.82) is 0 Å². The molecule has 0 radical (unpaired) electrons. The molecule has 0 aliphatic carbocycles. The maximum atomic E-state index is 13.7. The van der Waals surface area contributed by atoms with E-state index in [-0.39, 0.29) is 11.4 Å². The van der Waals surface area contributed by atoms with Gasteiger partial charge in [-0.25, -0.2) is 8.78 Å². The van der Waals surface area contributed by atoms with Crippen LogP contribution in [0.1, 0.15) is 55.3 Å². The van der Waals surface area contributed by atoms with Gasteiger partial charge in [-0.15, -0.1) is 0 Å². The predicted molar refractivity (Wildman–Crippen MR) is 109 cm³/mol. The van der Waals surface area contributed by atoms with Crippen molar-refractivity contribution in [3.63, 3.8) is 0 Å². The molecule has 3 rings (SSSR count). The first kappa shape index (κ1) is 22.6. The highest BCUT2D eigenvalue weighted by molar-refractivity contribution is 6.30. The molecule has 2 aromatic carbocycles. The molecule has 30 heavy (non-hydrogen) atoms. The van der Waals surface area contributed by atoms with Crippen LogP contribution in [0, 0.1) is 0 Å². The highest BCUT2D eigenvalue weighted by Gasteiger charge is 2.42. The predicted octanol–water partition coefficient (Wildman–Crippen LogP) is 6.74. The Balaban J connectivity index is 2.06. The second-order valence-electron chi connectivity index (χ2n) is 7.33. The van der Waals surface area contributed by atoms with Gasteiger partial charge in [0.25, 0.3) is 6.43 Å². The second-order valence-corrected chi connectivity index (χ2v) is 7.76. The molecule has 0 saturated heterocycles. The fourth-order valence-corrected chi connectivity index (χ4v) is 3.82. The number of nitrogens with two attached hydrogens (primary N) is 1. The van der Waals surface area contributed by atoms with Gasteiger partial charge in [0.1, 0.15) is 6.17 Å². The van der Waals surface area contributed by atoms with Crippen molar-refractivity contribution in [2.45, 2.75) is 51.0 Å². The lowest BCUT2D eigenvalue weighted by Crippen LogP contribution is -2.44. The SMILES string of the molecule is CCCCCN1c2cc(C(F)F)cc(C(F)(F)F)c2NC1C(N)c1ccc(Cl)cc1. The molecule has 0 fully saturated rings. The van der Waals surface area contributed by atoms with E-state index < -0.39 is 35.9 Å². The van der Waals surface area contributed by atoms with Crippen LogP contribution in [-0.2, 0) is 6.18 Å². The molecule has 164 valence electrons. The number of alkyl halides is 5. The standard InChI is InChI=1S/C21H23ClF5N3/c1-2-3-4-9-30-16-11-13(19(23)24)10-15(21(25,26)27)18(16)29-20(30)17(28)12-5-7-14(22)8-6-12/h5-8,10-11,17,19-20,29H,2-4,9,28H2,1H3. The average Bonchev–Trinajstić information content (AvgIpc) is 3.05. The van der Waals surface area contributed by atoms with Crippen molar-refractivity contribution < 1.29 is 22.0 Å². The van der Waals surface area contributed by atoms with Gasteiger partial charge in [-0.3, -0.25) is 0 Å². The first-order valence-corrected chi connectivity index (χ1v) is 10.1. The highest BCUT2D eigenvalue weighted by Crippen LogP contribution is 2.48. The Morgan fingerprint density at radius 1 is 1.10 bits per heavy atom. The second kappa shape index (κ2) is 8.98. The van der Waals surface area contributed by atoms with Gasteiger partial charge in [0.05, 0.1) is 23.0 Å². The molecule has 2 aromatic rings. The van der Waals surface area contributed by atoms with E-state index in [0.717, 1.165) is 18.9 Å². The zero-order valence-corrected chi connectivity index (χ0v) is 17.1. The van der Waals surface area contributed by atoms with Crippen molar-refractivity contribution in [2.24, 2.45) is 5.73 Å². The summed E-state index contributed by atoms with van der Waals surface area (Å²) in [6, 6.07) is 7.65. The summed E-state index contributed by atoms with van der Waals surface area (Å²) in [6.07, 6.45) is -6.05. The molecule has 2 atom stereocenters. The monoisotopic (exact) mass is 447 g/mol. The highest BCUT2D eigenvalue weighted by atomic mass is 35.5. The Bertz CT molecular complexity index is 870. The van der Waals surface area contributed by atoms with E-state index in [0.29, 0.717) is 29.6 Å². The van der Waals surface area contributed by atoms with Crippen LogP contribution in [0.2, 0.25) is 5.02 Å². The Kier molecular flexibility index (Phi) is 6.77. The number of anilines is 2. The van der Waals surface area contributed by atoms with Crippen LogP contribution >= 0.6 is 11.6 Å². The molecule has 0 aromatic heterocycles. The van der Waals surface area contributed by atoms with Crippen LogP contribution in [0.4, 0.5) is 33.3 Å². The molecule has 0 bridgehead atoms. The molecule has 0 saturated carbocycles. The van der Waals surface area contributed by atoms with Crippen LogP contribution < -0.4 is 16.0 Å². The largest absolute Gasteiger partial charge is 0.418 e. The number of halogens is 6. The van der Waals surface area contributed by atoms with Gasteiger partial charge < -0.3 is 16.0 Å². The molecule has 2 unspecified atom stereocenters. The Hall–Kier alpha value is -2.06. The number of benzene rings is 2. The van der Waals surface area contributed by atoms with Crippen LogP contribution in [0.15, 0.2) is 36.4 Å². The molecule has 0 amide bonds. The van der Waals surface area contributed by atoms with Gasteiger partial charge >= 0.3 is 6.18 Å². The smallest absolute Gasteiger partial charge is 0.361 e. The molecule has 1 heterocycles. The van der Waals surface area contributed by atoms with E-state index in [1.54, 1.807) is 29.2 Å². The summed E-state index contributed by atoms with van der Waals surface area (Å²) < 4.78 is 67.7. The lowest BCUT2D eigenvalue weighted by molar-refractivity contribution is -0.137. The number of fused-ring (bicyclic) bond motifs is 1. The maximum Gasteiger partial charge on any atom is 0.418 e. The number of rotatable bonds is 7. The van der Waals surface area contributed by atoms with Gasteiger partial charge in [-0.05, 0) is 36.2 Å². The third kappa shape index (κ3) is 4.64. The topological polar surface area (TPSA) is 41.3 Å². The van der Waals surface area contributed by atoms with Gasteiger partial charge in [0.15, 0.2) is 0 Å². The summed E-state index contributed by atoms with van der Waals surface area (Å²) in [5.74, 6) is 0. The molecule has 9 heteroatoms. The minimum absolute atomic E-state index is 0.102. The summed E-state index contributed by atoms with van der Waals surface area (Å²) in [4.78, 5) is 1.67. The molecule has 0 spiro atoms. The van der Waals surface area contributed by atoms with E-state index in [1.165, 1.54) is 0 Å². The van der Waals surface area contributed by atoms with E-state index in [9.17, 15) is 22.0 Å². The van der Waals surface area contributed by atoms with E-state index in [2.05, 4.69) is 5.32 Å². The molecule has 1 aliphatic heterocycles. The maximum absolute atomic E-state index is 13.7. The lowest BCUT2D eigenvalue weighted by Gasteiger charge is -2.31.